The van der Waals surface area contributed by atoms with E-state index in [1.807, 2.05) is 6.92 Å². The summed E-state index contributed by atoms with van der Waals surface area (Å²) < 4.78 is 5.14. The van der Waals surface area contributed by atoms with E-state index in [1.165, 1.54) is 0 Å². The molecule has 0 aliphatic heterocycles. The van der Waals surface area contributed by atoms with E-state index in [-0.39, 0.29) is 6.10 Å². The molecule has 1 heterocycles. The Kier molecular flexibility index (Phi) is 5.03. The molecule has 0 radical (unpaired) electrons. The molecule has 80 valence electrons. The summed E-state index contributed by atoms with van der Waals surface area (Å²) in [6.07, 6.45) is 0.0923. The maximum Gasteiger partial charge on any atom is 0.0897 e. The summed E-state index contributed by atoms with van der Waals surface area (Å²) >= 11 is 1.67. The number of nitrogens with two attached hydrogens (primary N) is 1. The fourth-order valence-corrected chi connectivity index (χ4v) is 1.73. The quantitative estimate of drug-likeness (QED) is 0.726. The van der Waals surface area contributed by atoms with Crippen LogP contribution in [0.1, 0.15) is 10.7 Å². The molecular formula is C9H17N3OS. The molecule has 4 nitrogen and oxygen atoms in total. The van der Waals surface area contributed by atoms with Gasteiger partial charge in [0.1, 0.15) is 0 Å². The summed E-state index contributed by atoms with van der Waals surface area (Å²) in [6, 6.07) is 0. The minimum absolute atomic E-state index is 0.0923. The highest BCUT2D eigenvalue weighted by molar-refractivity contribution is 7.09. The van der Waals surface area contributed by atoms with Crippen molar-refractivity contribution < 1.29 is 4.74 Å². The Morgan fingerprint density at radius 2 is 2.50 bits per heavy atom. The minimum atomic E-state index is 0.0923. The maximum atomic E-state index is 5.49. The Labute approximate surface area is 88.5 Å². The van der Waals surface area contributed by atoms with Gasteiger partial charge >= 0.3 is 0 Å². The fraction of sp³-hybridized carbons (Fsp3) is 0.667. The van der Waals surface area contributed by atoms with Crippen LogP contribution >= 0.6 is 11.3 Å². The lowest BCUT2D eigenvalue weighted by molar-refractivity contribution is 0.108. The molecule has 0 spiro atoms. The van der Waals surface area contributed by atoms with Gasteiger partial charge in [0, 0.05) is 32.1 Å². The van der Waals surface area contributed by atoms with Gasteiger partial charge in [-0.05, 0) is 6.92 Å². The van der Waals surface area contributed by atoms with Crippen molar-refractivity contribution in [3.8, 4) is 0 Å². The first-order chi connectivity index (χ1) is 6.76. The lowest BCUT2D eigenvalue weighted by Crippen LogP contribution is -2.34. The zero-order valence-corrected chi connectivity index (χ0v) is 9.43. The van der Waals surface area contributed by atoms with Gasteiger partial charge in [0.15, 0.2) is 0 Å². The molecule has 1 aromatic heterocycles. The first kappa shape index (κ1) is 11.6. The van der Waals surface area contributed by atoms with Gasteiger partial charge in [0.2, 0.25) is 0 Å². The molecule has 1 atom stereocenters. The van der Waals surface area contributed by atoms with Crippen LogP contribution in [-0.2, 0) is 11.3 Å². The number of rotatable bonds is 6. The third kappa shape index (κ3) is 3.71. The number of nitrogens with zero attached hydrogens (tertiary/aromatic N) is 1. The Bertz CT molecular complexity index is 260. The standard InChI is InChI=1S/C9H17N3OS/c1-7-12-8(6-14-7)4-11-5-9(3-10)13-2/h6,9,11H,3-5,10H2,1-2H3. The second-order valence-electron chi connectivity index (χ2n) is 3.08. The number of nitrogens with one attached hydrogen (secondary N) is 1. The molecule has 0 aromatic carbocycles. The molecule has 0 saturated carbocycles. The molecule has 14 heavy (non-hydrogen) atoms. The first-order valence-electron chi connectivity index (χ1n) is 4.61. The number of hydrogen-bond donors (Lipinski definition) is 2. The zero-order valence-electron chi connectivity index (χ0n) is 8.62. The Hall–Kier alpha value is -0.490. The molecule has 0 aliphatic carbocycles. The number of aryl methyl sites for hydroxylation is 1. The van der Waals surface area contributed by atoms with Crippen LogP contribution in [0.25, 0.3) is 0 Å². The predicted octanol–water partition coefficient (Wildman–Crippen LogP) is 0.515. The Balaban J connectivity index is 2.21. The van der Waals surface area contributed by atoms with Crippen molar-refractivity contribution >= 4 is 11.3 Å². The highest BCUT2D eigenvalue weighted by atomic mass is 32.1. The van der Waals surface area contributed by atoms with Crippen molar-refractivity contribution in [3.63, 3.8) is 0 Å². The summed E-state index contributed by atoms with van der Waals surface area (Å²) in [5, 5.41) is 6.42. The van der Waals surface area contributed by atoms with E-state index in [0.717, 1.165) is 23.8 Å². The number of thiazole rings is 1. The normalized spacial score (nSPS) is 13.1. The number of methoxy groups -OCH3 is 1. The minimum Gasteiger partial charge on any atom is -0.379 e. The fourth-order valence-electron chi connectivity index (χ4n) is 1.11. The Morgan fingerprint density at radius 3 is 3.00 bits per heavy atom. The highest BCUT2D eigenvalue weighted by Gasteiger charge is 2.04. The van der Waals surface area contributed by atoms with Crippen molar-refractivity contribution in [1.29, 1.82) is 0 Å². The molecule has 0 bridgehead atoms. The molecule has 0 fully saturated rings. The van der Waals surface area contributed by atoms with Gasteiger partial charge in [0.05, 0.1) is 16.8 Å². The van der Waals surface area contributed by atoms with Gasteiger partial charge in [-0.3, -0.25) is 0 Å². The van der Waals surface area contributed by atoms with Gasteiger partial charge < -0.3 is 15.8 Å². The van der Waals surface area contributed by atoms with Gasteiger partial charge in [-0.2, -0.15) is 0 Å². The summed E-state index contributed by atoms with van der Waals surface area (Å²) in [7, 11) is 1.67. The third-order valence-corrected chi connectivity index (χ3v) is 2.76. The van der Waals surface area contributed by atoms with E-state index in [0.29, 0.717) is 6.54 Å². The second-order valence-corrected chi connectivity index (χ2v) is 4.14. The Morgan fingerprint density at radius 1 is 1.71 bits per heavy atom. The lowest BCUT2D eigenvalue weighted by Gasteiger charge is -2.12. The first-order valence-corrected chi connectivity index (χ1v) is 5.48. The molecule has 1 rings (SSSR count). The second kappa shape index (κ2) is 6.08. The largest absolute Gasteiger partial charge is 0.379 e. The van der Waals surface area contributed by atoms with Crippen LogP contribution in [0, 0.1) is 6.92 Å². The number of hydrogen-bond acceptors (Lipinski definition) is 5. The summed E-state index contributed by atoms with van der Waals surface area (Å²) in [4.78, 5) is 4.34. The van der Waals surface area contributed by atoms with Crippen LogP contribution in [0.3, 0.4) is 0 Å². The van der Waals surface area contributed by atoms with E-state index in [1.54, 1.807) is 18.4 Å². The molecule has 5 heteroatoms. The molecule has 1 unspecified atom stereocenters. The molecule has 1 aromatic rings. The monoisotopic (exact) mass is 215 g/mol. The average molecular weight is 215 g/mol. The maximum absolute atomic E-state index is 5.49. The van der Waals surface area contributed by atoms with E-state index in [9.17, 15) is 0 Å². The van der Waals surface area contributed by atoms with Gasteiger partial charge in [-0.25, -0.2) is 4.98 Å². The van der Waals surface area contributed by atoms with Crippen LogP contribution < -0.4 is 11.1 Å². The topological polar surface area (TPSA) is 60.2 Å². The van der Waals surface area contributed by atoms with E-state index < -0.39 is 0 Å². The van der Waals surface area contributed by atoms with E-state index in [4.69, 9.17) is 10.5 Å². The SMILES string of the molecule is COC(CN)CNCc1csc(C)n1. The van der Waals surface area contributed by atoms with Crippen LogP contribution in [0.15, 0.2) is 5.38 Å². The molecule has 0 saturated heterocycles. The number of aromatic nitrogens is 1. The van der Waals surface area contributed by atoms with Crippen LogP contribution in [0.2, 0.25) is 0 Å². The summed E-state index contributed by atoms with van der Waals surface area (Å²) in [6.45, 7) is 4.10. The van der Waals surface area contributed by atoms with Gasteiger partial charge in [-0.1, -0.05) is 0 Å². The molecule has 3 N–H and O–H groups in total. The molecule has 0 amide bonds. The van der Waals surface area contributed by atoms with Crippen molar-refractivity contribution in [3.05, 3.63) is 16.1 Å². The van der Waals surface area contributed by atoms with E-state index >= 15 is 0 Å². The van der Waals surface area contributed by atoms with Crippen LogP contribution in [-0.4, -0.2) is 31.3 Å². The third-order valence-electron chi connectivity index (χ3n) is 1.94. The zero-order chi connectivity index (χ0) is 10.4. The molecular weight excluding hydrogens is 198 g/mol. The molecule has 0 aliphatic rings. The summed E-state index contributed by atoms with van der Waals surface area (Å²) in [5.74, 6) is 0. The van der Waals surface area contributed by atoms with Crippen molar-refractivity contribution in [2.24, 2.45) is 5.73 Å². The van der Waals surface area contributed by atoms with Crippen LogP contribution in [0.5, 0.6) is 0 Å². The van der Waals surface area contributed by atoms with Crippen molar-refractivity contribution in [2.45, 2.75) is 19.6 Å². The number of ether oxygens (including phenoxy) is 1. The summed E-state index contributed by atoms with van der Waals surface area (Å²) in [5.41, 5.74) is 6.57. The highest BCUT2D eigenvalue weighted by Crippen LogP contribution is 2.07. The van der Waals surface area contributed by atoms with Gasteiger partial charge in [0.25, 0.3) is 0 Å². The average Bonchev–Trinajstić information content (AvgIpc) is 2.59. The van der Waals surface area contributed by atoms with Gasteiger partial charge in [-0.15, -0.1) is 11.3 Å². The lowest BCUT2D eigenvalue weighted by atomic mass is 10.3. The van der Waals surface area contributed by atoms with Crippen LogP contribution in [0.4, 0.5) is 0 Å². The smallest absolute Gasteiger partial charge is 0.0897 e. The van der Waals surface area contributed by atoms with E-state index in [2.05, 4.69) is 15.7 Å². The van der Waals surface area contributed by atoms with Crippen molar-refractivity contribution in [2.75, 3.05) is 20.2 Å². The predicted molar refractivity (Wildman–Crippen MR) is 58.4 cm³/mol. The van der Waals surface area contributed by atoms with Crippen molar-refractivity contribution in [1.82, 2.24) is 10.3 Å².